The lowest BCUT2D eigenvalue weighted by Crippen LogP contribution is -2.39. The van der Waals surface area contributed by atoms with Crippen LogP contribution in [0.15, 0.2) is 12.7 Å². The molecule has 2 aromatic heterocycles. The van der Waals surface area contributed by atoms with Gasteiger partial charge < -0.3 is 15.2 Å². The fraction of sp³-hybridized carbons (Fsp3) is 0.667. The van der Waals surface area contributed by atoms with E-state index in [-0.39, 0.29) is 5.91 Å². The Bertz CT molecular complexity index is 764. The third kappa shape index (κ3) is 3.19. The van der Waals surface area contributed by atoms with E-state index >= 15 is 0 Å². The van der Waals surface area contributed by atoms with Crippen LogP contribution in [0.5, 0.6) is 0 Å². The molecule has 0 radical (unpaired) electrons. The highest BCUT2D eigenvalue weighted by atomic mass is 16.2. The van der Waals surface area contributed by atoms with Gasteiger partial charge in [-0.2, -0.15) is 0 Å². The Morgan fingerprint density at radius 1 is 1.12 bits per heavy atom. The lowest BCUT2D eigenvalue weighted by molar-refractivity contribution is -0.132. The largest absolute Gasteiger partial charge is 0.382 e. The molecule has 7 heteroatoms. The van der Waals surface area contributed by atoms with Crippen molar-refractivity contribution in [3.63, 3.8) is 0 Å². The smallest absolute Gasteiger partial charge is 0.224 e. The number of imidazole rings is 1. The predicted octanol–water partition coefficient (Wildman–Crippen LogP) is 2.37. The van der Waals surface area contributed by atoms with E-state index in [1.807, 2.05) is 4.57 Å². The van der Waals surface area contributed by atoms with Crippen molar-refractivity contribution in [1.82, 2.24) is 24.4 Å². The lowest BCUT2D eigenvalue weighted by atomic mass is 9.81. The highest BCUT2D eigenvalue weighted by molar-refractivity contribution is 5.81. The number of rotatable bonds is 3. The molecule has 25 heavy (non-hydrogen) atoms. The van der Waals surface area contributed by atoms with E-state index in [1.165, 1.54) is 44.9 Å². The number of hydrogen-bond donors (Lipinski definition) is 1. The summed E-state index contributed by atoms with van der Waals surface area (Å²) in [7, 11) is 0. The number of fused-ring (bicyclic) bond motifs is 1. The maximum Gasteiger partial charge on any atom is 0.224 e. The van der Waals surface area contributed by atoms with Gasteiger partial charge in [-0.15, -0.1) is 0 Å². The average molecular weight is 342 g/mol. The molecule has 2 aromatic rings. The predicted molar refractivity (Wildman–Crippen MR) is 95.7 cm³/mol. The van der Waals surface area contributed by atoms with Crippen LogP contribution in [-0.2, 0) is 11.3 Å². The molecule has 1 saturated carbocycles. The number of anilines is 1. The second-order valence-electron chi connectivity index (χ2n) is 7.60. The molecule has 4 rings (SSSR count). The van der Waals surface area contributed by atoms with Gasteiger partial charge in [0, 0.05) is 26.1 Å². The zero-order valence-corrected chi connectivity index (χ0v) is 14.7. The number of nitrogens with two attached hydrogens (primary N) is 1. The molecule has 134 valence electrons. The van der Waals surface area contributed by atoms with Crippen LogP contribution in [0.3, 0.4) is 0 Å². The molecular formula is C18H26N6O. The Kier molecular flexibility index (Phi) is 4.31. The molecule has 0 aromatic carbocycles. The molecule has 2 N–H and O–H groups in total. The Hall–Kier alpha value is -2.18. The van der Waals surface area contributed by atoms with Crippen LogP contribution in [0.4, 0.5) is 5.82 Å². The molecule has 1 aliphatic heterocycles. The fourth-order valence-electron chi connectivity index (χ4n) is 4.55. The third-order valence-corrected chi connectivity index (χ3v) is 5.92. The topological polar surface area (TPSA) is 89.9 Å². The van der Waals surface area contributed by atoms with E-state index in [0.29, 0.717) is 35.4 Å². The molecular weight excluding hydrogens is 316 g/mol. The summed E-state index contributed by atoms with van der Waals surface area (Å²) in [5.74, 6) is 0.628. The first-order valence-corrected chi connectivity index (χ1v) is 9.36. The number of amides is 1. The first kappa shape index (κ1) is 16.3. The summed E-state index contributed by atoms with van der Waals surface area (Å²) in [4.78, 5) is 27.4. The lowest BCUT2D eigenvalue weighted by Gasteiger charge is -2.32. The molecule has 1 spiro atoms. The van der Waals surface area contributed by atoms with Crippen LogP contribution in [0.25, 0.3) is 11.2 Å². The molecule has 0 atom stereocenters. The van der Waals surface area contributed by atoms with Crippen LogP contribution in [0.1, 0.15) is 51.4 Å². The van der Waals surface area contributed by atoms with Gasteiger partial charge in [-0.3, -0.25) is 4.79 Å². The van der Waals surface area contributed by atoms with E-state index < -0.39 is 0 Å². The van der Waals surface area contributed by atoms with Gasteiger partial charge in [-0.05, 0) is 31.1 Å². The highest BCUT2D eigenvalue weighted by Gasteiger charge is 2.37. The van der Waals surface area contributed by atoms with Gasteiger partial charge in [-0.1, -0.05) is 19.3 Å². The molecule has 1 saturated heterocycles. The average Bonchev–Trinajstić information content (AvgIpc) is 3.17. The van der Waals surface area contributed by atoms with E-state index in [9.17, 15) is 4.79 Å². The molecule has 1 amide bonds. The van der Waals surface area contributed by atoms with Crippen molar-refractivity contribution >= 4 is 22.9 Å². The SMILES string of the molecule is Nc1ncnc2c1ncn2CCC(=O)N1CCCCC2(CCCC2)C1. The quantitative estimate of drug-likeness (QED) is 0.925. The van der Waals surface area contributed by atoms with Crippen molar-refractivity contribution in [2.45, 2.75) is 57.9 Å². The molecule has 0 bridgehead atoms. The van der Waals surface area contributed by atoms with Gasteiger partial charge in [-0.25, -0.2) is 15.0 Å². The maximum absolute atomic E-state index is 12.8. The van der Waals surface area contributed by atoms with Gasteiger partial charge in [0.1, 0.15) is 11.8 Å². The van der Waals surface area contributed by atoms with Crippen LogP contribution in [0, 0.1) is 5.41 Å². The monoisotopic (exact) mass is 342 g/mol. The third-order valence-electron chi connectivity index (χ3n) is 5.92. The minimum atomic E-state index is 0.247. The normalized spacial score (nSPS) is 20.2. The van der Waals surface area contributed by atoms with Crippen molar-refractivity contribution in [1.29, 1.82) is 0 Å². The number of likely N-dealkylation sites (tertiary alicyclic amines) is 1. The van der Waals surface area contributed by atoms with Crippen molar-refractivity contribution in [3.05, 3.63) is 12.7 Å². The molecule has 7 nitrogen and oxygen atoms in total. The zero-order chi connectivity index (χ0) is 17.3. The van der Waals surface area contributed by atoms with Crippen molar-refractivity contribution < 1.29 is 4.79 Å². The summed E-state index contributed by atoms with van der Waals surface area (Å²) in [5, 5.41) is 0. The van der Waals surface area contributed by atoms with E-state index in [0.717, 1.165) is 19.5 Å². The standard InChI is InChI=1S/C18H26N6O/c19-16-15-17(21-12-20-16)24(13-22-15)10-5-14(25)23-9-4-3-8-18(11-23)6-1-2-7-18/h12-13H,1-11H2,(H2,19,20,21). The molecule has 3 heterocycles. The summed E-state index contributed by atoms with van der Waals surface area (Å²) < 4.78 is 1.90. The van der Waals surface area contributed by atoms with Crippen molar-refractivity contribution in [2.24, 2.45) is 5.41 Å². The number of aryl methyl sites for hydroxylation is 1. The van der Waals surface area contributed by atoms with Crippen LogP contribution in [0.2, 0.25) is 0 Å². The van der Waals surface area contributed by atoms with Crippen LogP contribution in [-0.4, -0.2) is 43.4 Å². The van der Waals surface area contributed by atoms with Gasteiger partial charge in [0.2, 0.25) is 5.91 Å². The summed E-state index contributed by atoms with van der Waals surface area (Å²) in [5.41, 5.74) is 7.53. The Labute approximate surface area is 147 Å². The molecule has 2 fully saturated rings. The number of hydrogen-bond acceptors (Lipinski definition) is 5. The molecule has 2 aliphatic rings. The number of aromatic nitrogens is 4. The molecule has 0 unspecified atom stereocenters. The van der Waals surface area contributed by atoms with E-state index in [4.69, 9.17) is 5.73 Å². The minimum Gasteiger partial charge on any atom is -0.382 e. The van der Waals surface area contributed by atoms with Gasteiger partial charge in [0.15, 0.2) is 11.5 Å². The number of nitrogen functional groups attached to an aromatic ring is 1. The van der Waals surface area contributed by atoms with Gasteiger partial charge in [0.25, 0.3) is 0 Å². The summed E-state index contributed by atoms with van der Waals surface area (Å²) in [6.07, 6.45) is 12.5. The molecule has 1 aliphatic carbocycles. The fourth-order valence-corrected chi connectivity index (χ4v) is 4.55. The van der Waals surface area contributed by atoms with E-state index in [2.05, 4.69) is 19.9 Å². The van der Waals surface area contributed by atoms with Crippen LogP contribution >= 0.6 is 0 Å². The van der Waals surface area contributed by atoms with Crippen LogP contribution < -0.4 is 5.73 Å². The highest BCUT2D eigenvalue weighted by Crippen LogP contribution is 2.44. The summed E-state index contributed by atoms with van der Waals surface area (Å²) in [6, 6.07) is 0. The summed E-state index contributed by atoms with van der Waals surface area (Å²) in [6.45, 7) is 2.43. The zero-order valence-electron chi connectivity index (χ0n) is 14.7. The number of carbonyl (C=O) groups excluding carboxylic acids is 1. The Balaban J connectivity index is 1.43. The Morgan fingerprint density at radius 3 is 2.68 bits per heavy atom. The minimum absolute atomic E-state index is 0.247. The Morgan fingerprint density at radius 2 is 1.88 bits per heavy atom. The number of nitrogens with zero attached hydrogens (tertiary/aromatic N) is 5. The first-order chi connectivity index (χ1) is 12.2. The van der Waals surface area contributed by atoms with Crippen molar-refractivity contribution in [2.75, 3.05) is 18.8 Å². The maximum atomic E-state index is 12.8. The van der Waals surface area contributed by atoms with Crippen molar-refractivity contribution in [3.8, 4) is 0 Å². The second-order valence-corrected chi connectivity index (χ2v) is 7.60. The summed E-state index contributed by atoms with van der Waals surface area (Å²) >= 11 is 0. The first-order valence-electron chi connectivity index (χ1n) is 9.36. The van der Waals surface area contributed by atoms with E-state index in [1.54, 1.807) is 6.33 Å². The second kappa shape index (κ2) is 6.61. The number of carbonyl (C=O) groups is 1. The van der Waals surface area contributed by atoms with Gasteiger partial charge in [0.05, 0.1) is 6.33 Å². The van der Waals surface area contributed by atoms with Gasteiger partial charge >= 0.3 is 0 Å².